The molecule has 0 aromatic heterocycles. The number of carbonyl (C=O) groups excluding carboxylic acids is 1. The Kier molecular flexibility index (Phi) is 6.76. The largest absolute Gasteiger partial charge is 0.379 e. The number of anilines is 1. The van der Waals surface area contributed by atoms with Gasteiger partial charge in [0.25, 0.3) is 5.69 Å². The van der Waals surface area contributed by atoms with Crippen molar-refractivity contribution in [2.45, 2.75) is 25.4 Å². The normalized spacial score (nSPS) is 17.0. The van der Waals surface area contributed by atoms with Gasteiger partial charge in [-0.2, -0.15) is 0 Å². The van der Waals surface area contributed by atoms with Crippen LogP contribution in [-0.4, -0.2) is 43.4 Å². The van der Waals surface area contributed by atoms with Gasteiger partial charge in [0.15, 0.2) is 0 Å². The number of hydrogen-bond donors (Lipinski definition) is 2. The maximum absolute atomic E-state index is 11.7. The van der Waals surface area contributed by atoms with Gasteiger partial charge in [-0.15, -0.1) is 0 Å². The van der Waals surface area contributed by atoms with E-state index in [1.807, 2.05) is 0 Å². The number of nitrogens with one attached hydrogen (secondary N) is 2. The van der Waals surface area contributed by atoms with Crippen molar-refractivity contribution in [2.75, 3.05) is 31.7 Å². The minimum Gasteiger partial charge on any atom is -0.379 e. The molecule has 0 radical (unpaired) electrons. The average molecular weight is 323 g/mol. The molecule has 1 fully saturated rings. The van der Waals surface area contributed by atoms with Crippen molar-refractivity contribution in [1.29, 1.82) is 0 Å². The van der Waals surface area contributed by atoms with Gasteiger partial charge in [-0.1, -0.05) is 0 Å². The molecule has 0 spiro atoms. The first-order valence-electron chi connectivity index (χ1n) is 7.64. The molecule has 2 rings (SSSR count). The number of nitro benzene ring substituents is 1. The lowest BCUT2D eigenvalue weighted by molar-refractivity contribution is -0.384. The fraction of sp³-hybridized carbons (Fsp3) is 0.533. The lowest BCUT2D eigenvalue weighted by Crippen LogP contribution is -2.30. The van der Waals surface area contributed by atoms with Crippen molar-refractivity contribution in [1.82, 2.24) is 5.32 Å². The molecule has 1 aliphatic rings. The van der Waals surface area contributed by atoms with E-state index < -0.39 is 4.92 Å². The number of hydrogen-bond acceptors (Lipinski definition) is 5. The number of nitrogens with zero attached hydrogens (tertiary/aromatic N) is 1. The molecule has 1 atom stereocenters. The average Bonchev–Trinajstić information content (AvgIpc) is 3.04. The molecule has 0 bridgehead atoms. The zero-order valence-corrected chi connectivity index (χ0v) is 12.8. The summed E-state index contributed by atoms with van der Waals surface area (Å²) in [5, 5.41) is 15.8. The van der Waals surface area contributed by atoms with Gasteiger partial charge in [0.2, 0.25) is 0 Å². The van der Waals surface area contributed by atoms with Gasteiger partial charge in [0, 0.05) is 37.6 Å². The van der Waals surface area contributed by atoms with Gasteiger partial charge in [-0.3, -0.25) is 10.1 Å². The molecular weight excluding hydrogens is 302 g/mol. The highest BCUT2D eigenvalue weighted by molar-refractivity contribution is 5.89. The van der Waals surface area contributed by atoms with Crippen LogP contribution in [0.2, 0.25) is 0 Å². The van der Waals surface area contributed by atoms with Gasteiger partial charge >= 0.3 is 6.03 Å². The third-order valence-corrected chi connectivity index (χ3v) is 3.41. The molecule has 1 saturated heterocycles. The number of ether oxygens (including phenoxy) is 2. The second-order valence-electron chi connectivity index (χ2n) is 5.25. The summed E-state index contributed by atoms with van der Waals surface area (Å²) in [5.41, 5.74) is 0.488. The predicted molar refractivity (Wildman–Crippen MR) is 84.5 cm³/mol. The lowest BCUT2D eigenvalue weighted by Gasteiger charge is -2.10. The number of benzene rings is 1. The SMILES string of the molecule is O=C(NCCCOCC1CCCO1)Nc1ccc([N+](=O)[O-])cc1. The molecule has 23 heavy (non-hydrogen) atoms. The summed E-state index contributed by atoms with van der Waals surface area (Å²) in [4.78, 5) is 21.7. The molecule has 1 unspecified atom stereocenters. The van der Waals surface area contributed by atoms with E-state index in [-0.39, 0.29) is 17.8 Å². The summed E-state index contributed by atoms with van der Waals surface area (Å²) in [5.74, 6) is 0. The van der Waals surface area contributed by atoms with Crippen LogP contribution in [0.1, 0.15) is 19.3 Å². The van der Waals surface area contributed by atoms with Crippen molar-refractivity contribution in [3.63, 3.8) is 0 Å². The fourth-order valence-electron chi connectivity index (χ4n) is 2.21. The highest BCUT2D eigenvalue weighted by atomic mass is 16.6. The summed E-state index contributed by atoms with van der Waals surface area (Å²) < 4.78 is 10.9. The Morgan fingerprint density at radius 3 is 2.83 bits per heavy atom. The molecule has 8 nitrogen and oxygen atoms in total. The van der Waals surface area contributed by atoms with Crippen LogP contribution in [0.25, 0.3) is 0 Å². The van der Waals surface area contributed by atoms with Gasteiger partial charge < -0.3 is 20.1 Å². The van der Waals surface area contributed by atoms with Crippen molar-refractivity contribution in [2.24, 2.45) is 0 Å². The van der Waals surface area contributed by atoms with Crippen LogP contribution in [0.15, 0.2) is 24.3 Å². The summed E-state index contributed by atoms with van der Waals surface area (Å²) in [6.07, 6.45) is 3.07. The Hall–Kier alpha value is -2.19. The molecule has 1 aliphatic heterocycles. The van der Waals surface area contributed by atoms with E-state index in [1.165, 1.54) is 24.3 Å². The number of urea groups is 1. The van der Waals surface area contributed by atoms with Crippen molar-refractivity contribution in [3.8, 4) is 0 Å². The summed E-state index contributed by atoms with van der Waals surface area (Å²) >= 11 is 0. The number of amides is 2. The molecule has 126 valence electrons. The van der Waals surface area contributed by atoms with Crippen LogP contribution in [0, 0.1) is 10.1 Å². The van der Waals surface area contributed by atoms with Crippen LogP contribution in [-0.2, 0) is 9.47 Å². The lowest BCUT2D eigenvalue weighted by atomic mass is 10.2. The molecule has 1 aromatic rings. The first-order chi connectivity index (χ1) is 11.1. The molecule has 0 aliphatic carbocycles. The maximum Gasteiger partial charge on any atom is 0.319 e. The second-order valence-corrected chi connectivity index (χ2v) is 5.25. The van der Waals surface area contributed by atoms with Crippen LogP contribution in [0.5, 0.6) is 0 Å². The van der Waals surface area contributed by atoms with E-state index in [2.05, 4.69) is 10.6 Å². The number of rotatable bonds is 8. The molecule has 2 N–H and O–H groups in total. The molecule has 1 aromatic carbocycles. The van der Waals surface area contributed by atoms with E-state index in [1.54, 1.807) is 0 Å². The van der Waals surface area contributed by atoms with E-state index in [0.717, 1.165) is 19.4 Å². The number of carbonyl (C=O) groups is 1. The zero-order valence-electron chi connectivity index (χ0n) is 12.8. The van der Waals surface area contributed by atoms with Gasteiger partial charge in [0.05, 0.1) is 17.6 Å². The zero-order chi connectivity index (χ0) is 16.5. The van der Waals surface area contributed by atoms with Gasteiger partial charge in [-0.05, 0) is 31.4 Å². The monoisotopic (exact) mass is 323 g/mol. The third-order valence-electron chi connectivity index (χ3n) is 3.41. The number of non-ortho nitro benzene ring substituents is 1. The van der Waals surface area contributed by atoms with Crippen LogP contribution in [0.3, 0.4) is 0 Å². The summed E-state index contributed by atoms with van der Waals surface area (Å²) in [7, 11) is 0. The third kappa shape index (κ3) is 6.21. The van der Waals surface area contributed by atoms with E-state index >= 15 is 0 Å². The highest BCUT2D eigenvalue weighted by Gasteiger charge is 2.14. The predicted octanol–water partition coefficient (Wildman–Crippen LogP) is 2.30. The second kappa shape index (κ2) is 9.06. The Bertz CT molecular complexity index is 514. The van der Waals surface area contributed by atoms with Crippen molar-refractivity contribution in [3.05, 3.63) is 34.4 Å². The topological polar surface area (TPSA) is 103 Å². The Morgan fingerprint density at radius 2 is 2.17 bits per heavy atom. The van der Waals surface area contributed by atoms with Crippen LogP contribution >= 0.6 is 0 Å². The number of nitro groups is 1. The van der Waals surface area contributed by atoms with Gasteiger partial charge in [-0.25, -0.2) is 4.79 Å². The molecular formula is C15H21N3O5. The van der Waals surface area contributed by atoms with E-state index in [0.29, 0.717) is 31.9 Å². The quantitative estimate of drug-likeness (QED) is 0.434. The minimum atomic E-state index is -0.486. The Balaban J connectivity index is 1.55. The standard InChI is InChI=1S/C15H21N3O5/c19-15(17-12-4-6-13(7-5-12)18(20)21)16-8-2-9-22-11-14-3-1-10-23-14/h4-7,14H,1-3,8-11H2,(H2,16,17,19). The first kappa shape index (κ1) is 17.2. The summed E-state index contributed by atoms with van der Waals surface area (Å²) in [6, 6.07) is 5.31. The fourth-order valence-corrected chi connectivity index (χ4v) is 2.21. The molecule has 8 heteroatoms. The van der Waals surface area contributed by atoms with Crippen LogP contribution < -0.4 is 10.6 Å². The van der Waals surface area contributed by atoms with E-state index in [9.17, 15) is 14.9 Å². The Labute approximate surface area is 134 Å². The smallest absolute Gasteiger partial charge is 0.319 e. The van der Waals surface area contributed by atoms with Crippen molar-refractivity contribution < 1.29 is 19.2 Å². The first-order valence-corrected chi connectivity index (χ1v) is 7.64. The maximum atomic E-state index is 11.7. The van der Waals surface area contributed by atoms with Crippen molar-refractivity contribution >= 4 is 17.4 Å². The summed E-state index contributed by atoms with van der Waals surface area (Å²) in [6.45, 7) is 2.48. The molecule has 2 amide bonds. The minimum absolute atomic E-state index is 0.0145. The molecule has 0 saturated carbocycles. The Morgan fingerprint density at radius 1 is 1.39 bits per heavy atom. The van der Waals surface area contributed by atoms with E-state index in [4.69, 9.17) is 9.47 Å². The highest BCUT2D eigenvalue weighted by Crippen LogP contribution is 2.15. The van der Waals surface area contributed by atoms with Crippen LogP contribution in [0.4, 0.5) is 16.2 Å². The van der Waals surface area contributed by atoms with Gasteiger partial charge in [0.1, 0.15) is 0 Å². The molecule has 1 heterocycles.